The molecule has 122 valence electrons. The van der Waals surface area contributed by atoms with Crippen molar-refractivity contribution in [3.8, 4) is 5.75 Å². The summed E-state index contributed by atoms with van der Waals surface area (Å²) in [4.78, 5) is 11.9. The van der Waals surface area contributed by atoms with Crippen LogP contribution in [0.1, 0.15) is 5.56 Å². The second-order valence-corrected chi connectivity index (χ2v) is 5.24. The summed E-state index contributed by atoms with van der Waals surface area (Å²) in [6.45, 7) is 1.75. The molecular formula is C16H15ClF2N2O2. The summed E-state index contributed by atoms with van der Waals surface area (Å²) in [5.74, 6) is -1.90. The number of anilines is 2. The molecule has 0 spiro atoms. The van der Waals surface area contributed by atoms with Crippen molar-refractivity contribution in [2.24, 2.45) is 0 Å². The Labute approximate surface area is 137 Å². The fourth-order valence-electron chi connectivity index (χ4n) is 1.92. The summed E-state index contributed by atoms with van der Waals surface area (Å²) in [7, 11) is 1.49. The maximum Gasteiger partial charge on any atom is 0.243 e. The van der Waals surface area contributed by atoms with Gasteiger partial charge < -0.3 is 15.4 Å². The molecule has 2 N–H and O–H groups in total. The van der Waals surface area contributed by atoms with Crippen molar-refractivity contribution in [2.45, 2.75) is 6.92 Å². The minimum atomic E-state index is -1.02. The lowest BCUT2D eigenvalue weighted by Gasteiger charge is -2.13. The highest BCUT2D eigenvalue weighted by Gasteiger charge is 2.10. The van der Waals surface area contributed by atoms with E-state index in [1.807, 2.05) is 6.92 Å². The second-order valence-electron chi connectivity index (χ2n) is 4.83. The van der Waals surface area contributed by atoms with Gasteiger partial charge in [0, 0.05) is 22.8 Å². The molecule has 0 fully saturated rings. The zero-order chi connectivity index (χ0) is 17.0. The largest absolute Gasteiger partial charge is 0.495 e. The molecule has 0 saturated carbocycles. The highest BCUT2D eigenvalue weighted by atomic mass is 35.5. The van der Waals surface area contributed by atoms with Gasteiger partial charge in [-0.25, -0.2) is 8.78 Å². The number of carbonyl (C=O) groups is 1. The van der Waals surface area contributed by atoms with E-state index in [1.54, 1.807) is 12.1 Å². The van der Waals surface area contributed by atoms with Crippen molar-refractivity contribution in [3.63, 3.8) is 0 Å². The monoisotopic (exact) mass is 340 g/mol. The molecular weight excluding hydrogens is 326 g/mol. The highest BCUT2D eigenvalue weighted by Crippen LogP contribution is 2.30. The van der Waals surface area contributed by atoms with Crippen LogP contribution in [0.25, 0.3) is 0 Å². The number of methoxy groups -OCH3 is 1. The van der Waals surface area contributed by atoms with Crippen LogP contribution in [0.3, 0.4) is 0 Å². The molecule has 0 unspecified atom stereocenters. The molecule has 1 amide bonds. The van der Waals surface area contributed by atoms with Crippen LogP contribution in [0.5, 0.6) is 5.75 Å². The van der Waals surface area contributed by atoms with E-state index < -0.39 is 17.5 Å². The van der Waals surface area contributed by atoms with E-state index in [0.29, 0.717) is 16.5 Å². The van der Waals surface area contributed by atoms with Crippen LogP contribution in [-0.2, 0) is 4.79 Å². The van der Waals surface area contributed by atoms with E-state index in [9.17, 15) is 13.6 Å². The number of rotatable bonds is 5. The third-order valence-electron chi connectivity index (χ3n) is 3.12. The van der Waals surface area contributed by atoms with Gasteiger partial charge in [0.25, 0.3) is 0 Å². The first-order valence-electron chi connectivity index (χ1n) is 6.73. The normalized spacial score (nSPS) is 10.3. The van der Waals surface area contributed by atoms with Crippen LogP contribution in [0, 0.1) is 18.6 Å². The van der Waals surface area contributed by atoms with Crippen molar-refractivity contribution >= 4 is 28.9 Å². The summed E-state index contributed by atoms with van der Waals surface area (Å²) >= 11 is 6.01. The molecule has 0 aliphatic rings. The van der Waals surface area contributed by atoms with Crippen molar-refractivity contribution < 1.29 is 18.3 Å². The summed E-state index contributed by atoms with van der Waals surface area (Å²) in [6.07, 6.45) is 0. The number of hydrogen-bond donors (Lipinski definition) is 2. The number of halogens is 3. The summed E-state index contributed by atoms with van der Waals surface area (Å²) in [6, 6.07) is 6.55. The zero-order valence-electron chi connectivity index (χ0n) is 12.5. The fourth-order valence-corrected chi connectivity index (χ4v) is 2.08. The molecule has 0 heterocycles. The molecule has 0 radical (unpaired) electrons. The van der Waals surface area contributed by atoms with E-state index in [4.69, 9.17) is 16.3 Å². The van der Waals surface area contributed by atoms with Gasteiger partial charge in [-0.2, -0.15) is 0 Å². The van der Waals surface area contributed by atoms with Gasteiger partial charge >= 0.3 is 0 Å². The van der Waals surface area contributed by atoms with Gasteiger partial charge in [-0.3, -0.25) is 4.79 Å². The number of aryl methyl sites for hydroxylation is 1. The third kappa shape index (κ3) is 4.32. The molecule has 23 heavy (non-hydrogen) atoms. The van der Waals surface area contributed by atoms with Crippen LogP contribution in [0.4, 0.5) is 20.2 Å². The van der Waals surface area contributed by atoms with Crippen LogP contribution in [0.2, 0.25) is 5.02 Å². The average Bonchev–Trinajstić information content (AvgIpc) is 2.51. The van der Waals surface area contributed by atoms with Gasteiger partial charge in [-0.1, -0.05) is 11.6 Å². The van der Waals surface area contributed by atoms with E-state index in [-0.39, 0.29) is 12.2 Å². The molecule has 4 nitrogen and oxygen atoms in total. The molecule has 0 bridgehead atoms. The maximum atomic E-state index is 13.1. The number of nitrogens with one attached hydrogen (secondary N) is 2. The maximum absolute atomic E-state index is 13.1. The number of carbonyl (C=O) groups excluding carboxylic acids is 1. The summed E-state index contributed by atoms with van der Waals surface area (Å²) < 4.78 is 31.1. The fraction of sp³-hybridized carbons (Fsp3) is 0.188. The lowest BCUT2D eigenvalue weighted by atomic mass is 10.2. The van der Waals surface area contributed by atoms with Gasteiger partial charge in [0.2, 0.25) is 5.91 Å². The Morgan fingerprint density at radius 2 is 1.96 bits per heavy atom. The van der Waals surface area contributed by atoms with Crippen LogP contribution in [-0.4, -0.2) is 19.6 Å². The van der Waals surface area contributed by atoms with Gasteiger partial charge in [-0.15, -0.1) is 0 Å². The van der Waals surface area contributed by atoms with Gasteiger partial charge in [0.15, 0.2) is 11.6 Å². The molecule has 0 aliphatic heterocycles. The SMILES string of the molecule is COc1cc(Cl)c(C)cc1NCC(=O)Nc1ccc(F)c(F)c1. The van der Waals surface area contributed by atoms with Crippen molar-refractivity contribution in [2.75, 3.05) is 24.3 Å². The predicted molar refractivity (Wildman–Crippen MR) is 86.2 cm³/mol. The molecule has 0 aromatic heterocycles. The first-order valence-corrected chi connectivity index (χ1v) is 7.11. The molecule has 2 rings (SSSR count). The van der Waals surface area contributed by atoms with Crippen molar-refractivity contribution in [1.29, 1.82) is 0 Å². The number of benzene rings is 2. The standard InChI is InChI=1S/C16H15ClF2N2O2/c1-9-5-14(15(23-2)7-11(9)17)20-8-16(22)21-10-3-4-12(18)13(19)6-10/h3-7,20H,8H2,1-2H3,(H,21,22). The van der Waals surface area contributed by atoms with E-state index in [1.165, 1.54) is 13.2 Å². The molecule has 0 aliphatic carbocycles. The number of ether oxygens (including phenoxy) is 1. The molecule has 7 heteroatoms. The number of hydrogen-bond acceptors (Lipinski definition) is 3. The van der Waals surface area contributed by atoms with Crippen LogP contribution < -0.4 is 15.4 Å². The van der Waals surface area contributed by atoms with E-state index in [2.05, 4.69) is 10.6 Å². The minimum absolute atomic E-state index is 0.0730. The Hall–Kier alpha value is -2.34. The van der Waals surface area contributed by atoms with Crippen LogP contribution in [0.15, 0.2) is 30.3 Å². The average molecular weight is 341 g/mol. The Bertz CT molecular complexity index is 738. The minimum Gasteiger partial charge on any atom is -0.495 e. The Balaban J connectivity index is 2.01. The van der Waals surface area contributed by atoms with Crippen molar-refractivity contribution in [3.05, 3.63) is 52.6 Å². The summed E-state index contributed by atoms with van der Waals surface area (Å²) in [5, 5.41) is 5.94. The van der Waals surface area contributed by atoms with Gasteiger partial charge in [-0.05, 0) is 30.7 Å². The molecule has 2 aromatic carbocycles. The molecule has 0 saturated heterocycles. The Kier molecular flexibility index (Phi) is 5.39. The van der Waals surface area contributed by atoms with Crippen LogP contribution >= 0.6 is 11.6 Å². The molecule has 2 aromatic rings. The smallest absolute Gasteiger partial charge is 0.243 e. The first kappa shape index (κ1) is 17.0. The zero-order valence-corrected chi connectivity index (χ0v) is 13.3. The molecule has 0 atom stereocenters. The second kappa shape index (κ2) is 7.28. The van der Waals surface area contributed by atoms with Gasteiger partial charge in [0.1, 0.15) is 5.75 Å². The lowest BCUT2D eigenvalue weighted by Crippen LogP contribution is -2.22. The van der Waals surface area contributed by atoms with Crippen molar-refractivity contribution in [1.82, 2.24) is 0 Å². The lowest BCUT2D eigenvalue weighted by molar-refractivity contribution is -0.114. The first-order chi connectivity index (χ1) is 10.9. The Morgan fingerprint density at radius 3 is 2.61 bits per heavy atom. The van der Waals surface area contributed by atoms with E-state index in [0.717, 1.165) is 17.7 Å². The highest BCUT2D eigenvalue weighted by molar-refractivity contribution is 6.31. The van der Waals surface area contributed by atoms with E-state index >= 15 is 0 Å². The topological polar surface area (TPSA) is 50.4 Å². The quantitative estimate of drug-likeness (QED) is 0.865. The van der Waals surface area contributed by atoms with Gasteiger partial charge in [0.05, 0.1) is 19.3 Å². The summed E-state index contributed by atoms with van der Waals surface area (Å²) in [5.41, 5.74) is 1.61. The predicted octanol–water partition coefficient (Wildman–Crippen LogP) is 3.99. The third-order valence-corrected chi connectivity index (χ3v) is 3.53. The number of amides is 1. The Morgan fingerprint density at radius 1 is 1.22 bits per heavy atom.